The third-order valence-corrected chi connectivity index (χ3v) is 5.46. The lowest BCUT2D eigenvalue weighted by Crippen LogP contribution is -2.39. The summed E-state index contributed by atoms with van der Waals surface area (Å²) in [4.78, 5) is 4.53. The Bertz CT molecular complexity index is 590. The molecule has 2 unspecified atom stereocenters. The van der Waals surface area contributed by atoms with Crippen LogP contribution in [0.4, 0.5) is 0 Å². The van der Waals surface area contributed by atoms with E-state index in [2.05, 4.69) is 22.5 Å². The number of aliphatic imine (C=N–C) groups is 1. The third-order valence-electron chi connectivity index (χ3n) is 3.64. The van der Waals surface area contributed by atoms with E-state index in [1.165, 1.54) is 6.42 Å². The zero-order valence-corrected chi connectivity index (χ0v) is 16.1. The number of hydrogen-bond acceptors (Lipinski definition) is 3. The summed E-state index contributed by atoms with van der Waals surface area (Å²) in [6.45, 7) is 2.78. The fourth-order valence-corrected chi connectivity index (χ4v) is 3.44. The number of benzene rings is 1. The second-order valence-electron chi connectivity index (χ2n) is 5.45. The Kier molecular flexibility index (Phi) is 7.61. The lowest BCUT2D eigenvalue weighted by atomic mass is 10.4. The molecule has 1 aromatic rings. The molecule has 0 amide bonds. The maximum Gasteiger partial charge on any atom is 0.191 e. The molecule has 0 spiro atoms. The van der Waals surface area contributed by atoms with E-state index in [-0.39, 0.29) is 29.7 Å². The van der Waals surface area contributed by atoms with Gasteiger partial charge in [-0.15, -0.1) is 24.0 Å². The van der Waals surface area contributed by atoms with Crippen molar-refractivity contribution in [3.05, 3.63) is 30.3 Å². The predicted octanol–water partition coefficient (Wildman–Crippen LogP) is 2.04. The highest BCUT2D eigenvalue weighted by molar-refractivity contribution is 14.0. The highest BCUT2D eigenvalue weighted by Crippen LogP contribution is 2.28. The van der Waals surface area contributed by atoms with E-state index >= 15 is 0 Å². The van der Waals surface area contributed by atoms with Gasteiger partial charge in [0, 0.05) is 19.6 Å². The van der Waals surface area contributed by atoms with Crippen LogP contribution in [0, 0.1) is 5.92 Å². The van der Waals surface area contributed by atoms with Crippen molar-refractivity contribution in [3.63, 3.8) is 0 Å². The van der Waals surface area contributed by atoms with E-state index in [0.29, 0.717) is 29.8 Å². The molecule has 1 aliphatic rings. The van der Waals surface area contributed by atoms with Crippen molar-refractivity contribution in [3.8, 4) is 0 Å². The first-order valence-corrected chi connectivity index (χ1v) is 8.93. The fourth-order valence-electron chi connectivity index (χ4n) is 2.11. The van der Waals surface area contributed by atoms with Gasteiger partial charge < -0.3 is 10.6 Å². The molecule has 1 saturated carbocycles. The summed E-state index contributed by atoms with van der Waals surface area (Å²) in [5, 5.41) is 6.47. The van der Waals surface area contributed by atoms with Crippen LogP contribution >= 0.6 is 24.0 Å². The van der Waals surface area contributed by atoms with Gasteiger partial charge in [-0.1, -0.05) is 25.1 Å². The van der Waals surface area contributed by atoms with Crippen LogP contribution in [0.3, 0.4) is 0 Å². The second-order valence-corrected chi connectivity index (χ2v) is 7.56. The number of hydrogen-bond donors (Lipinski definition) is 2. The molecule has 5 nitrogen and oxygen atoms in total. The van der Waals surface area contributed by atoms with Crippen LogP contribution in [0.15, 0.2) is 40.2 Å². The van der Waals surface area contributed by atoms with Crippen molar-refractivity contribution < 1.29 is 8.42 Å². The molecule has 124 valence electrons. The fraction of sp³-hybridized carbons (Fsp3) is 0.533. The number of nitrogens with one attached hydrogen (secondary N) is 2. The topological polar surface area (TPSA) is 70.6 Å². The third kappa shape index (κ3) is 5.75. The molecule has 22 heavy (non-hydrogen) atoms. The molecule has 0 heterocycles. The molecule has 0 aliphatic heterocycles. The smallest absolute Gasteiger partial charge is 0.191 e. The molecule has 0 aromatic heterocycles. The minimum absolute atomic E-state index is 0. The predicted molar refractivity (Wildman–Crippen MR) is 101 cm³/mol. The lowest BCUT2D eigenvalue weighted by molar-refractivity contribution is 0.592. The van der Waals surface area contributed by atoms with Gasteiger partial charge in [0.25, 0.3) is 0 Å². The first kappa shape index (κ1) is 19.2. The van der Waals surface area contributed by atoms with Gasteiger partial charge in [-0.05, 0) is 30.9 Å². The van der Waals surface area contributed by atoms with Gasteiger partial charge in [0.05, 0.1) is 10.6 Å². The molecule has 2 rings (SSSR count). The van der Waals surface area contributed by atoms with Crippen molar-refractivity contribution in [1.82, 2.24) is 10.6 Å². The van der Waals surface area contributed by atoms with Crippen LogP contribution < -0.4 is 10.6 Å². The quantitative estimate of drug-likeness (QED) is 0.309. The Morgan fingerprint density at radius 1 is 1.32 bits per heavy atom. The maximum absolute atomic E-state index is 12.1. The summed E-state index contributed by atoms with van der Waals surface area (Å²) in [5.41, 5.74) is 0. The summed E-state index contributed by atoms with van der Waals surface area (Å²) >= 11 is 0. The van der Waals surface area contributed by atoms with Gasteiger partial charge >= 0.3 is 0 Å². The molecular formula is C15H24IN3O2S. The van der Waals surface area contributed by atoms with Crippen LogP contribution in [0.2, 0.25) is 0 Å². The number of halogens is 1. The van der Waals surface area contributed by atoms with E-state index in [1.54, 1.807) is 31.3 Å². The summed E-state index contributed by atoms with van der Waals surface area (Å²) in [7, 11) is -1.46. The molecule has 2 atom stereocenters. The van der Waals surface area contributed by atoms with Crippen LogP contribution in [-0.4, -0.2) is 39.8 Å². The largest absolute Gasteiger partial charge is 0.356 e. The highest BCUT2D eigenvalue weighted by Gasteiger charge is 2.33. The average molecular weight is 437 g/mol. The van der Waals surface area contributed by atoms with Gasteiger partial charge in [-0.25, -0.2) is 8.42 Å². The zero-order valence-electron chi connectivity index (χ0n) is 13.0. The van der Waals surface area contributed by atoms with Crippen LogP contribution in [0.5, 0.6) is 0 Å². The van der Waals surface area contributed by atoms with E-state index in [9.17, 15) is 8.42 Å². The molecule has 0 saturated heterocycles. The van der Waals surface area contributed by atoms with E-state index < -0.39 is 9.84 Å². The lowest BCUT2D eigenvalue weighted by Gasteiger charge is -2.11. The van der Waals surface area contributed by atoms with Crippen molar-refractivity contribution in [2.45, 2.75) is 30.7 Å². The standard InChI is InChI=1S/C15H23N3O2S.HI/c1-12-11-14(12)18-15(16-2)17-9-6-10-21(19,20)13-7-4-3-5-8-13;/h3-5,7-8,12,14H,6,9-11H2,1-2H3,(H2,16,17,18);1H. The van der Waals surface area contributed by atoms with E-state index in [0.717, 1.165) is 5.96 Å². The number of guanidine groups is 1. The Morgan fingerprint density at radius 2 is 1.95 bits per heavy atom. The number of rotatable bonds is 6. The number of nitrogens with zero attached hydrogens (tertiary/aromatic N) is 1. The van der Waals surface area contributed by atoms with Crippen molar-refractivity contribution in [2.75, 3.05) is 19.3 Å². The summed E-state index contributed by atoms with van der Waals surface area (Å²) in [6, 6.07) is 9.08. The summed E-state index contributed by atoms with van der Waals surface area (Å²) in [5.74, 6) is 1.59. The first-order valence-electron chi connectivity index (χ1n) is 7.28. The molecule has 7 heteroatoms. The minimum Gasteiger partial charge on any atom is -0.356 e. The van der Waals surface area contributed by atoms with Crippen molar-refractivity contribution >= 4 is 39.8 Å². The van der Waals surface area contributed by atoms with Gasteiger partial charge in [0.2, 0.25) is 0 Å². The molecule has 1 aliphatic carbocycles. The van der Waals surface area contributed by atoms with Gasteiger partial charge in [0.1, 0.15) is 0 Å². The summed E-state index contributed by atoms with van der Waals surface area (Å²) in [6.07, 6.45) is 1.72. The Morgan fingerprint density at radius 3 is 2.50 bits per heavy atom. The molecule has 0 radical (unpaired) electrons. The van der Waals surface area contributed by atoms with Crippen LogP contribution in [0.1, 0.15) is 19.8 Å². The monoisotopic (exact) mass is 437 g/mol. The average Bonchev–Trinajstić information content (AvgIpc) is 3.18. The first-order chi connectivity index (χ1) is 10.0. The van der Waals surface area contributed by atoms with E-state index in [4.69, 9.17) is 0 Å². The van der Waals surface area contributed by atoms with Crippen molar-refractivity contribution in [2.24, 2.45) is 10.9 Å². The SMILES string of the molecule is CN=C(NCCCS(=O)(=O)c1ccccc1)NC1CC1C.I. The van der Waals surface area contributed by atoms with Crippen LogP contribution in [-0.2, 0) is 9.84 Å². The molecule has 1 fully saturated rings. The molecule has 1 aromatic carbocycles. The summed E-state index contributed by atoms with van der Waals surface area (Å²) < 4.78 is 24.2. The molecule has 0 bridgehead atoms. The normalized spacial score (nSPS) is 20.9. The van der Waals surface area contributed by atoms with E-state index in [1.807, 2.05) is 6.07 Å². The Balaban J connectivity index is 0.00000242. The molecule has 2 N–H and O–H groups in total. The molecular weight excluding hydrogens is 413 g/mol. The maximum atomic E-state index is 12.1. The minimum atomic E-state index is -3.18. The van der Waals surface area contributed by atoms with Crippen molar-refractivity contribution in [1.29, 1.82) is 0 Å². The Hall–Kier alpha value is -0.830. The second kappa shape index (κ2) is 8.71. The Labute approximate surface area is 149 Å². The zero-order chi connectivity index (χ0) is 15.3. The number of sulfone groups is 1. The van der Waals surface area contributed by atoms with Gasteiger partial charge in [0.15, 0.2) is 15.8 Å². The van der Waals surface area contributed by atoms with Gasteiger partial charge in [-0.2, -0.15) is 0 Å². The van der Waals surface area contributed by atoms with Crippen LogP contribution in [0.25, 0.3) is 0 Å². The van der Waals surface area contributed by atoms with Gasteiger partial charge in [-0.3, -0.25) is 4.99 Å². The highest BCUT2D eigenvalue weighted by atomic mass is 127.